The topological polar surface area (TPSA) is 45.2 Å². The summed E-state index contributed by atoms with van der Waals surface area (Å²) < 4.78 is 0. The number of likely N-dealkylation sites (tertiary alicyclic amines) is 1. The molecule has 5 nitrogen and oxygen atoms in total. The summed E-state index contributed by atoms with van der Waals surface area (Å²) in [5.74, 6) is 0.995. The van der Waals surface area contributed by atoms with E-state index in [0.29, 0.717) is 6.04 Å². The average Bonchev–Trinajstić information content (AvgIpc) is 2.48. The van der Waals surface area contributed by atoms with E-state index in [0.717, 1.165) is 41.7 Å². The van der Waals surface area contributed by atoms with Crippen LogP contribution >= 0.6 is 0 Å². The van der Waals surface area contributed by atoms with E-state index in [1.165, 1.54) is 25.8 Å². The molecular weight excluding hydrogens is 274 g/mol. The number of piperidine rings is 1. The van der Waals surface area contributed by atoms with Crippen molar-refractivity contribution >= 4 is 16.9 Å². The molecule has 2 fully saturated rings. The summed E-state index contributed by atoms with van der Waals surface area (Å²) in [6.45, 7) is 7.76. The molecule has 2 aromatic rings. The van der Waals surface area contributed by atoms with Crippen molar-refractivity contribution in [1.29, 1.82) is 0 Å². The minimum Gasteiger partial charge on any atom is -0.351 e. The van der Waals surface area contributed by atoms with Crippen molar-refractivity contribution < 1.29 is 0 Å². The molecule has 2 aromatic heterocycles. The maximum absolute atomic E-state index is 4.65. The lowest BCUT2D eigenvalue weighted by atomic mass is 9.97. The number of anilines is 1. The normalized spacial score (nSPS) is 23.7. The lowest BCUT2D eigenvalue weighted by molar-refractivity contribution is 0.0873. The number of aryl methyl sites for hydroxylation is 1. The molecule has 22 heavy (non-hydrogen) atoms. The van der Waals surface area contributed by atoms with Gasteiger partial charge < -0.3 is 4.90 Å². The first-order valence-corrected chi connectivity index (χ1v) is 8.31. The fourth-order valence-electron chi connectivity index (χ4n) is 3.76. The number of hydrogen-bond acceptors (Lipinski definition) is 5. The van der Waals surface area contributed by atoms with E-state index in [1.54, 1.807) is 6.33 Å². The lowest BCUT2D eigenvalue weighted by Crippen LogP contribution is -2.62. The highest BCUT2D eigenvalue weighted by molar-refractivity contribution is 5.85. The van der Waals surface area contributed by atoms with Gasteiger partial charge >= 0.3 is 0 Å². The lowest BCUT2D eigenvalue weighted by Gasteiger charge is -2.49. The third-order valence-corrected chi connectivity index (χ3v) is 5.09. The molecule has 0 aliphatic carbocycles. The van der Waals surface area contributed by atoms with Crippen molar-refractivity contribution in [2.24, 2.45) is 0 Å². The SMILES string of the molecule is Cc1ccc2ncnc(N3CC(N4CCCCC4C)C3)c2n1. The first-order chi connectivity index (χ1) is 10.7. The summed E-state index contributed by atoms with van der Waals surface area (Å²) in [5, 5.41) is 0. The van der Waals surface area contributed by atoms with Crippen LogP contribution in [0.1, 0.15) is 31.9 Å². The van der Waals surface area contributed by atoms with Crippen LogP contribution in [-0.2, 0) is 0 Å². The Labute approximate surface area is 131 Å². The fourth-order valence-corrected chi connectivity index (χ4v) is 3.76. The molecule has 1 atom stereocenters. The van der Waals surface area contributed by atoms with E-state index < -0.39 is 0 Å². The Balaban J connectivity index is 1.54. The van der Waals surface area contributed by atoms with E-state index >= 15 is 0 Å². The molecule has 4 rings (SSSR count). The molecule has 116 valence electrons. The van der Waals surface area contributed by atoms with Crippen molar-refractivity contribution in [2.45, 2.75) is 45.2 Å². The molecule has 0 amide bonds. The molecule has 0 bridgehead atoms. The monoisotopic (exact) mass is 297 g/mol. The largest absolute Gasteiger partial charge is 0.351 e. The zero-order valence-electron chi connectivity index (χ0n) is 13.4. The Morgan fingerprint density at radius 1 is 1.14 bits per heavy atom. The van der Waals surface area contributed by atoms with E-state index in [4.69, 9.17) is 0 Å². The highest BCUT2D eigenvalue weighted by atomic mass is 15.3. The van der Waals surface area contributed by atoms with Gasteiger partial charge in [-0.15, -0.1) is 0 Å². The van der Waals surface area contributed by atoms with Gasteiger partial charge in [0.25, 0.3) is 0 Å². The maximum atomic E-state index is 4.65. The summed E-state index contributed by atoms with van der Waals surface area (Å²) in [4.78, 5) is 18.5. The third kappa shape index (κ3) is 2.33. The van der Waals surface area contributed by atoms with E-state index in [9.17, 15) is 0 Å². The van der Waals surface area contributed by atoms with Gasteiger partial charge in [0.2, 0.25) is 0 Å². The van der Waals surface area contributed by atoms with Crippen LogP contribution < -0.4 is 4.90 Å². The second-order valence-electron chi connectivity index (χ2n) is 6.66. The van der Waals surface area contributed by atoms with Gasteiger partial charge in [-0.1, -0.05) is 6.42 Å². The van der Waals surface area contributed by atoms with E-state index in [-0.39, 0.29) is 0 Å². The van der Waals surface area contributed by atoms with Crippen LogP contribution in [0.2, 0.25) is 0 Å². The van der Waals surface area contributed by atoms with Crippen molar-refractivity contribution in [3.63, 3.8) is 0 Å². The molecule has 1 unspecified atom stereocenters. The highest BCUT2D eigenvalue weighted by Crippen LogP contribution is 2.30. The Bertz CT molecular complexity index is 680. The van der Waals surface area contributed by atoms with Crippen LogP contribution in [0, 0.1) is 6.92 Å². The van der Waals surface area contributed by atoms with Crippen LogP contribution in [-0.4, -0.2) is 51.6 Å². The Kier molecular flexibility index (Phi) is 3.45. The van der Waals surface area contributed by atoms with Gasteiger partial charge in [0.15, 0.2) is 5.82 Å². The molecule has 2 saturated heterocycles. The van der Waals surface area contributed by atoms with Gasteiger partial charge in [0.05, 0.1) is 5.52 Å². The third-order valence-electron chi connectivity index (χ3n) is 5.09. The molecule has 2 aliphatic heterocycles. The average molecular weight is 297 g/mol. The molecule has 0 aromatic carbocycles. The maximum Gasteiger partial charge on any atom is 0.158 e. The quantitative estimate of drug-likeness (QED) is 0.851. The minimum absolute atomic E-state index is 0.671. The van der Waals surface area contributed by atoms with Crippen molar-refractivity contribution in [3.05, 3.63) is 24.2 Å². The molecule has 4 heterocycles. The van der Waals surface area contributed by atoms with Gasteiger partial charge in [0, 0.05) is 30.9 Å². The number of nitrogens with zero attached hydrogens (tertiary/aromatic N) is 5. The first kappa shape index (κ1) is 13.9. The molecule has 0 spiro atoms. The van der Waals surface area contributed by atoms with Crippen molar-refractivity contribution in [1.82, 2.24) is 19.9 Å². The Morgan fingerprint density at radius 3 is 2.82 bits per heavy atom. The number of aromatic nitrogens is 3. The van der Waals surface area contributed by atoms with Gasteiger partial charge in [0.1, 0.15) is 11.8 Å². The number of fused-ring (bicyclic) bond motifs is 1. The first-order valence-electron chi connectivity index (χ1n) is 8.31. The summed E-state index contributed by atoms with van der Waals surface area (Å²) in [5.41, 5.74) is 2.89. The molecule has 0 radical (unpaired) electrons. The fraction of sp³-hybridized carbons (Fsp3) is 0.588. The van der Waals surface area contributed by atoms with Gasteiger partial charge in [-0.25, -0.2) is 15.0 Å². The van der Waals surface area contributed by atoms with Crippen molar-refractivity contribution in [2.75, 3.05) is 24.5 Å². The second-order valence-corrected chi connectivity index (χ2v) is 6.66. The summed E-state index contributed by atoms with van der Waals surface area (Å²) in [7, 11) is 0. The van der Waals surface area contributed by atoms with E-state index in [1.807, 2.05) is 19.1 Å². The summed E-state index contributed by atoms with van der Waals surface area (Å²) >= 11 is 0. The van der Waals surface area contributed by atoms with Crippen molar-refractivity contribution in [3.8, 4) is 0 Å². The van der Waals surface area contributed by atoms with Crippen LogP contribution in [0.5, 0.6) is 0 Å². The molecule has 0 saturated carbocycles. The predicted octanol–water partition coefficient (Wildman–Crippen LogP) is 2.40. The molecular formula is C17H23N5. The predicted molar refractivity (Wildman–Crippen MR) is 88.1 cm³/mol. The number of pyridine rings is 1. The second kappa shape index (κ2) is 5.47. The number of hydrogen-bond donors (Lipinski definition) is 0. The smallest absolute Gasteiger partial charge is 0.158 e. The highest BCUT2D eigenvalue weighted by Gasteiger charge is 2.36. The Morgan fingerprint density at radius 2 is 2.00 bits per heavy atom. The van der Waals surface area contributed by atoms with Crippen LogP contribution in [0.3, 0.4) is 0 Å². The van der Waals surface area contributed by atoms with Crippen LogP contribution in [0.25, 0.3) is 11.0 Å². The zero-order chi connectivity index (χ0) is 15.1. The van der Waals surface area contributed by atoms with E-state index in [2.05, 4.69) is 31.7 Å². The van der Waals surface area contributed by atoms with Crippen LogP contribution in [0.15, 0.2) is 18.5 Å². The van der Waals surface area contributed by atoms with Gasteiger partial charge in [-0.3, -0.25) is 4.90 Å². The standard InChI is InChI=1S/C17H23N5/c1-12-6-7-15-16(20-12)17(19-11-18-15)21-9-14(10-21)22-8-4-3-5-13(22)2/h6-7,11,13-14H,3-5,8-10H2,1-2H3. The molecule has 2 aliphatic rings. The van der Waals surface area contributed by atoms with Crippen LogP contribution in [0.4, 0.5) is 5.82 Å². The number of rotatable bonds is 2. The minimum atomic E-state index is 0.671. The Hall–Kier alpha value is -1.75. The summed E-state index contributed by atoms with van der Waals surface area (Å²) in [6, 6.07) is 5.44. The zero-order valence-corrected chi connectivity index (χ0v) is 13.4. The summed E-state index contributed by atoms with van der Waals surface area (Å²) in [6.07, 6.45) is 5.73. The van der Waals surface area contributed by atoms with Gasteiger partial charge in [-0.05, 0) is 45.4 Å². The molecule has 5 heteroatoms. The van der Waals surface area contributed by atoms with Gasteiger partial charge in [-0.2, -0.15) is 0 Å². The molecule has 0 N–H and O–H groups in total.